The summed E-state index contributed by atoms with van der Waals surface area (Å²) in [6, 6.07) is 5.78. The summed E-state index contributed by atoms with van der Waals surface area (Å²) in [4.78, 5) is 16.1. The fourth-order valence-electron chi connectivity index (χ4n) is 1.64. The Balaban J connectivity index is 2.17. The number of benzene rings is 1. The van der Waals surface area contributed by atoms with Crippen molar-refractivity contribution in [2.24, 2.45) is 0 Å². The van der Waals surface area contributed by atoms with E-state index in [4.69, 9.17) is 0 Å². The summed E-state index contributed by atoms with van der Waals surface area (Å²) in [5.41, 5.74) is 1.86. The number of carbonyl (C=O) groups excluding carboxylic acids is 1. The van der Waals surface area contributed by atoms with E-state index in [1.807, 2.05) is 25.1 Å². The molecule has 2 aromatic rings. The number of aryl methyl sites for hydroxylation is 1. The van der Waals surface area contributed by atoms with Crippen LogP contribution < -0.4 is 5.32 Å². The van der Waals surface area contributed by atoms with Crippen molar-refractivity contribution in [3.8, 4) is 0 Å². The average molecular weight is 312 g/mol. The van der Waals surface area contributed by atoms with E-state index in [9.17, 15) is 13.2 Å². The van der Waals surface area contributed by atoms with E-state index in [0.717, 1.165) is 15.8 Å². The molecule has 7 heteroatoms. The van der Waals surface area contributed by atoms with Crippen LogP contribution in [-0.2, 0) is 14.6 Å². The van der Waals surface area contributed by atoms with Crippen molar-refractivity contribution in [2.75, 3.05) is 11.1 Å². The highest BCUT2D eigenvalue weighted by Gasteiger charge is 2.21. The number of hydrogen-bond donors (Lipinski definition) is 1. The summed E-state index contributed by atoms with van der Waals surface area (Å²) in [7, 11) is -3.39. The van der Waals surface area contributed by atoms with Gasteiger partial charge in [0.15, 0.2) is 15.0 Å². The van der Waals surface area contributed by atoms with Crippen LogP contribution >= 0.6 is 11.3 Å². The van der Waals surface area contributed by atoms with Crippen LogP contribution in [0, 0.1) is 6.92 Å². The van der Waals surface area contributed by atoms with Crippen molar-refractivity contribution >= 4 is 42.4 Å². The summed E-state index contributed by atoms with van der Waals surface area (Å²) in [5.74, 6) is -1.06. The lowest BCUT2D eigenvalue weighted by molar-refractivity contribution is -0.113. The van der Waals surface area contributed by atoms with Crippen LogP contribution in [0.3, 0.4) is 0 Å². The maximum atomic E-state index is 11.8. The first kappa shape index (κ1) is 14.9. The molecule has 0 atom stereocenters. The van der Waals surface area contributed by atoms with Gasteiger partial charge in [-0.3, -0.25) is 4.79 Å². The zero-order chi connectivity index (χ0) is 14.9. The van der Waals surface area contributed by atoms with Gasteiger partial charge in [-0.1, -0.05) is 23.5 Å². The SMILES string of the molecule is Cc1cccc2sc(NC(=O)CS(=O)(=O)C(C)C)nc12. The van der Waals surface area contributed by atoms with Gasteiger partial charge >= 0.3 is 0 Å². The number of amides is 1. The Morgan fingerprint density at radius 1 is 1.40 bits per heavy atom. The standard InChI is InChI=1S/C13H16N2O3S2/c1-8(2)20(17,18)7-11(16)14-13-15-12-9(3)5-4-6-10(12)19-13/h4-6,8H,7H2,1-3H3,(H,14,15,16). The van der Waals surface area contributed by atoms with Crippen LogP contribution in [-0.4, -0.2) is 30.3 Å². The predicted molar refractivity (Wildman–Crippen MR) is 81.9 cm³/mol. The molecule has 0 unspecified atom stereocenters. The molecule has 0 fully saturated rings. The largest absolute Gasteiger partial charge is 0.301 e. The Bertz CT molecular complexity index is 748. The van der Waals surface area contributed by atoms with E-state index < -0.39 is 26.7 Å². The number of nitrogens with zero attached hydrogens (tertiary/aromatic N) is 1. The molecule has 1 amide bonds. The van der Waals surface area contributed by atoms with Gasteiger partial charge in [-0.05, 0) is 32.4 Å². The molecule has 5 nitrogen and oxygen atoms in total. The van der Waals surface area contributed by atoms with Crippen molar-refractivity contribution in [3.05, 3.63) is 23.8 Å². The molecular weight excluding hydrogens is 296 g/mol. The molecule has 1 N–H and O–H groups in total. The van der Waals surface area contributed by atoms with Gasteiger partial charge in [0, 0.05) is 0 Å². The maximum absolute atomic E-state index is 11.8. The average Bonchev–Trinajstić information content (AvgIpc) is 2.71. The molecule has 0 aliphatic rings. The number of para-hydroxylation sites is 1. The van der Waals surface area contributed by atoms with Crippen molar-refractivity contribution in [1.29, 1.82) is 0 Å². The molecule has 0 aliphatic heterocycles. The second-order valence-corrected chi connectivity index (χ2v) is 8.43. The topological polar surface area (TPSA) is 76.1 Å². The fourth-order valence-corrected chi connectivity index (χ4v) is 3.38. The minimum absolute atomic E-state index is 0.429. The summed E-state index contributed by atoms with van der Waals surface area (Å²) in [5, 5.41) is 2.42. The van der Waals surface area contributed by atoms with Crippen molar-refractivity contribution < 1.29 is 13.2 Å². The second kappa shape index (κ2) is 5.49. The van der Waals surface area contributed by atoms with Gasteiger partial charge in [0.25, 0.3) is 0 Å². The van der Waals surface area contributed by atoms with Gasteiger partial charge in [0.1, 0.15) is 5.75 Å². The first-order valence-electron chi connectivity index (χ1n) is 6.17. The van der Waals surface area contributed by atoms with Crippen LogP contribution in [0.15, 0.2) is 18.2 Å². The number of aromatic nitrogens is 1. The smallest absolute Gasteiger partial charge is 0.241 e. The van der Waals surface area contributed by atoms with Crippen molar-refractivity contribution in [1.82, 2.24) is 4.98 Å². The van der Waals surface area contributed by atoms with E-state index >= 15 is 0 Å². The van der Waals surface area contributed by atoms with E-state index in [1.54, 1.807) is 13.8 Å². The van der Waals surface area contributed by atoms with Crippen LogP contribution in [0.4, 0.5) is 5.13 Å². The van der Waals surface area contributed by atoms with E-state index in [2.05, 4.69) is 10.3 Å². The van der Waals surface area contributed by atoms with Gasteiger partial charge in [0.05, 0.1) is 15.5 Å². The first-order valence-corrected chi connectivity index (χ1v) is 8.70. The number of hydrogen-bond acceptors (Lipinski definition) is 5. The summed E-state index contributed by atoms with van der Waals surface area (Å²) >= 11 is 1.34. The molecule has 2 rings (SSSR count). The fraction of sp³-hybridized carbons (Fsp3) is 0.385. The number of nitrogens with one attached hydrogen (secondary N) is 1. The third-order valence-electron chi connectivity index (χ3n) is 2.92. The zero-order valence-electron chi connectivity index (χ0n) is 11.5. The highest BCUT2D eigenvalue weighted by Crippen LogP contribution is 2.27. The molecule has 0 aliphatic carbocycles. The maximum Gasteiger partial charge on any atom is 0.241 e. The molecule has 108 valence electrons. The molecule has 0 bridgehead atoms. The number of thiazole rings is 1. The predicted octanol–water partition coefficient (Wildman–Crippen LogP) is 2.37. The quantitative estimate of drug-likeness (QED) is 0.940. The lowest BCUT2D eigenvalue weighted by atomic mass is 10.2. The van der Waals surface area contributed by atoms with Gasteiger partial charge < -0.3 is 5.32 Å². The minimum Gasteiger partial charge on any atom is -0.301 e. The Labute approximate surface area is 121 Å². The first-order chi connectivity index (χ1) is 9.29. The lowest BCUT2D eigenvalue weighted by Gasteiger charge is -2.06. The molecule has 0 saturated carbocycles. The van der Waals surface area contributed by atoms with Crippen LogP contribution in [0.5, 0.6) is 0 Å². The van der Waals surface area contributed by atoms with E-state index in [0.29, 0.717) is 5.13 Å². The van der Waals surface area contributed by atoms with Gasteiger partial charge in [0.2, 0.25) is 5.91 Å². The molecule has 1 aromatic heterocycles. The zero-order valence-corrected chi connectivity index (χ0v) is 13.1. The third kappa shape index (κ3) is 3.16. The van der Waals surface area contributed by atoms with E-state index in [-0.39, 0.29) is 0 Å². The minimum atomic E-state index is -3.39. The Kier molecular flexibility index (Phi) is 4.10. The van der Waals surface area contributed by atoms with Gasteiger partial charge in [-0.2, -0.15) is 0 Å². The third-order valence-corrected chi connectivity index (χ3v) is 5.95. The molecule has 0 radical (unpaired) electrons. The molecule has 0 saturated heterocycles. The lowest BCUT2D eigenvalue weighted by Crippen LogP contribution is -2.27. The molecule has 20 heavy (non-hydrogen) atoms. The second-order valence-electron chi connectivity index (χ2n) is 4.84. The Morgan fingerprint density at radius 3 is 2.70 bits per heavy atom. The molecular formula is C13H16N2O3S2. The van der Waals surface area contributed by atoms with Gasteiger partial charge in [-0.25, -0.2) is 13.4 Å². The number of sulfone groups is 1. The normalized spacial score (nSPS) is 12.0. The number of rotatable bonds is 4. The highest BCUT2D eigenvalue weighted by atomic mass is 32.2. The number of fused-ring (bicyclic) bond motifs is 1. The summed E-state index contributed by atoms with van der Waals surface area (Å²) < 4.78 is 24.3. The highest BCUT2D eigenvalue weighted by molar-refractivity contribution is 7.92. The van der Waals surface area contributed by atoms with Crippen LogP contribution in [0.1, 0.15) is 19.4 Å². The molecule has 1 heterocycles. The summed E-state index contributed by atoms with van der Waals surface area (Å²) in [6.07, 6.45) is 0. The summed E-state index contributed by atoms with van der Waals surface area (Å²) in [6.45, 7) is 5.06. The Hall–Kier alpha value is -1.47. The van der Waals surface area contributed by atoms with Crippen molar-refractivity contribution in [2.45, 2.75) is 26.0 Å². The monoisotopic (exact) mass is 312 g/mol. The van der Waals surface area contributed by atoms with E-state index in [1.165, 1.54) is 11.3 Å². The number of carbonyl (C=O) groups is 1. The van der Waals surface area contributed by atoms with Crippen LogP contribution in [0.25, 0.3) is 10.2 Å². The van der Waals surface area contributed by atoms with Gasteiger partial charge in [-0.15, -0.1) is 0 Å². The van der Waals surface area contributed by atoms with Crippen molar-refractivity contribution in [3.63, 3.8) is 0 Å². The number of anilines is 1. The molecule has 1 aromatic carbocycles. The Morgan fingerprint density at radius 2 is 2.10 bits per heavy atom. The molecule has 0 spiro atoms. The van der Waals surface area contributed by atoms with Crippen LogP contribution in [0.2, 0.25) is 0 Å².